The molecule has 9 N–H and O–H groups in total. The maximum absolute atomic E-state index is 13.4. The van der Waals surface area contributed by atoms with E-state index in [0.29, 0.717) is 114 Å². The number of hydrogen-bond acceptors (Lipinski definition) is 31. The molecule has 6 heterocycles. The fraction of sp³-hybridized carbons (Fsp3) is 0.581. The van der Waals surface area contributed by atoms with Crippen LogP contribution in [-0.4, -0.2) is 272 Å². The van der Waals surface area contributed by atoms with Gasteiger partial charge in [0.15, 0.2) is 11.1 Å². The predicted octanol–water partition coefficient (Wildman–Crippen LogP) is 8.59. The summed E-state index contributed by atoms with van der Waals surface area (Å²) < 4.78 is 133. The SMILES string of the molecule is CCC(CC)(NC(=O)c1ccc(N2CC(OC)C2)c(OC[C@H]2C[C@@H]2CO)n1)C(=O)O.CCC(CC)(NC(=O)c1ccc(N2CC(OC)C2)c(OC[C@H]2C[C@@H]2CO)n1)C(=O)OCCCOS(=O)c1ccc(C)cc1.CCC(CC)(NC(=O)c1ccc(N2CC(OC)C2)c(OC[C@H]2C[C@@H]2CO)n1)C(=O)OCCC[18F].Cc1ccc(S(=O)(=O)OCCCOS(=O)(=O)c2ccc(C)cc2)cc1.O. The number of halogens is 1. The zero-order valence-electron chi connectivity index (χ0n) is 77.9. The second-order valence-electron chi connectivity index (χ2n) is 33.7. The summed E-state index contributed by atoms with van der Waals surface area (Å²) in [6.45, 7) is 21.4. The molecule has 3 amide bonds. The monoisotopic (exact) mass is 1920 g/mol. The number of alkyl halides is 1. The van der Waals surface area contributed by atoms with Crippen LogP contribution in [0.25, 0.3) is 0 Å². The normalized spacial score (nSPS) is 18.3. The lowest BCUT2D eigenvalue weighted by Crippen LogP contribution is -2.54. The number of hydrogen-bond donors (Lipinski definition) is 7. The summed E-state index contributed by atoms with van der Waals surface area (Å²) in [7, 11) is -2.69. The average molecular weight is 1920 g/mol. The van der Waals surface area contributed by atoms with Crippen molar-refractivity contribution in [3.05, 3.63) is 143 Å². The number of aliphatic hydroxyl groups is 3. The minimum atomic E-state index is -3.85. The van der Waals surface area contributed by atoms with Crippen LogP contribution in [0.3, 0.4) is 0 Å². The molecule has 6 aromatic rings. The number of aromatic nitrogens is 3. The molecule has 36 nitrogen and oxygen atoms in total. The van der Waals surface area contributed by atoms with Crippen LogP contribution in [0.15, 0.2) is 124 Å². The van der Waals surface area contributed by atoms with Crippen molar-refractivity contribution < 1.29 is 131 Å². The maximum Gasteiger partial charge on any atom is 0.331 e. The van der Waals surface area contributed by atoms with Crippen molar-refractivity contribution in [2.75, 3.05) is 155 Å². The van der Waals surface area contributed by atoms with E-state index in [4.69, 9.17) is 50.4 Å². The smallest absolute Gasteiger partial charge is 0.331 e. The number of aliphatic hydroxyl groups excluding tert-OH is 3. The van der Waals surface area contributed by atoms with Crippen LogP contribution in [0.5, 0.6) is 17.6 Å². The van der Waals surface area contributed by atoms with Gasteiger partial charge in [0.2, 0.25) is 17.6 Å². The molecular weight excluding hydrogens is 1790 g/mol. The van der Waals surface area contributed by atoms with Gasteiger partial charge in [-0.2, -0.15) is 16.8 Å². The number of esters is 2. The van der Waals surface area contributed by atoms with Crippen LogP contribution in [0.4, 0.5) is 21.5 Å². The van der Waals surface area contributed by atoms with Crippen LogP contribution in [-0.2, 0) is 81.9 Å². The molecule has 0 spiro atoms. The van der Waals surface area contributed by atoms with E-state index in [2.05, 4.69) is 45.6 Å². The first-order valence-electron chi connectivity index (χ1n) is 44.9. The number of carbonyl (C=O) groups excluding carboxylic acids is 5. The van der Waals surface area contributed by atoms with Crippen molar-refractivity contribution in [2.45, 2.75) is 189 Å². The van der Waals surface area contributed by atoms with Gasteiger partial charge in [0.05, 0.1) is 92.5 Å². The Morgan fingerprint density at radius 2 is 0.737 bits per heavy atom. The molecule has 3 saturated carbocycles. The van der Waals surface area contributed by atoms with Crippen molar-refractivity contribution in [1.82, 2.24) is 30.9 Å². The second-order valence-corrected chi connectivity index (χ2v) is 38.1. The first kappa shape index (κ1) is 109. The highest BCUT2D eigenvalue weighted by Crippen LogP contribution is 2.43. The number of nitrogens with one attached hydrogen (secondary N) is 3. The van der Waals surface area contributed by atoms with Crippen LogP contribution in [0.1, 0.15) is 167 Å². The third-order valence-corrected chi connectivity index (χ3v) is 28.4. The fourth-order valence-electron chi connectivity index (χ4n) is 14.5. The standard InChI is InChI=1S/C31H43N3O8S.C24H36FN3O6.C21H31N3O6.C17H20O6S2.H2O/c1-5-31(6-2,30(37)40-14-7-15-42-43(38)25-10-8-21(3)9-11-25)33-28(36)26-12-13-27(34-17-24(18-34)39-4)29(32-26)41-20-23-16-22(23)19-35;1-4-24(5-2,23(31)33-10-6-9-25)27-21(30)19-7-8-20(28-12-18(13-28)32-3)22(26-19)34-15-17-11-16(17)14-29;1-4-21(5-2,20(27)28)23-18(26)16-6-7-17(24-9-15(10-24)29-3)19(22-16)30-12-14-8-13(14)11-25;1-14-4-8-16(9-5-14)24(18,19)22-12-3-13-23-25(20,21)17-10-6-15(2)7-11-17;/h8-13,22-24,35H,5-7,14-20H2,1-4H3,(H,33,36);7-8,16-18,29H,4-6,9-15H2,1-3H3,(H,27,30);6-7,13-15,25H,4-5,8-12H2,1-3H3,(H,23,26)(H,27,28);4-11H,3,12-13H2,1-2H3;1H2/t22-,23-,43?;16-,17-;13-,14-;;/m111../s1/i;25-1;;;. The molecule has 133 heavy (non-hydrogen) atoms. The number of methoxy groups -OCH3 is 3. The molecule has 6 fully saturated rings. The number of benzene rings is 3. The van der Waals surface area contributed by atoms with Gasteiger partial charge in [0.25, 0.3) is 38.0 Å². The van der Waals surface area contributed by atoms with Gasteiger partial charge < -0.3 is 94.4 Å². The van der Waals surface area contributed by atoms with E-state index in [1.807, 2.05) is 46.8 Å². The summed E-state index contributed by atoms with van der Waals surface area (Å²) in [5.41, 5.74) is 1.83. The Labute approximate surface area is 780 Å². The number of aryl methyl sites for hydroxylation is 3. The Morgan fingerprint density at radius 3 is 1.02 bits per heavy atom. The Hall–Kier alpha value is -9.69. The summed E-state index contributed by atoms with van der Waals surface area (Å²) in [4.78, 5) is 97.2. The molecule has 3 aliphatic carbocycles. The molecule has 3 aromatic carbocycles. The van der Waals surface area contributed by atoms with Crippen molar-refractivity contribution >= 4 is 84.0 Å². The van der Waals surface area contributed by atoms with Gasteiger partial charge in [0, 0.05) is 93.3 Å². The number of carbonyl (C=O) groups is 6. The second kappa shape index (κ2) is 51.3. The number of carboxylic acid groups (broad SMARTS) is 1. The number of aliphatic carboxylic acids is 1. The number of ether oxygens (including phenoxy) is 8. The summed E-state index contributed by atoms with van der Waals surface area (Å²) >= 11 is -1.60. The Morgan fingerprint density at radius 1 is 0.436 bits per heavy atom. The van der Waals surface area contributed by atoms with E-state index < -0.39 is 90.2 Å². The van der Waals surface area contributed by atoms with Gasteiger partial charge in [-0.25, -0.2) is 33.5 Å². The molecule has 3 aromatic heterocycles. The van der Waals surface area contributed by atoms with E-state index in [1.54, 1.807) is 122 Å². The van der Waals surface area contributed by atoms with Gasteiger partial charge >= 0.3 is 17.9 Å². The third-order valence-electron chi connectivity index (χ3n) is 24.7. The van der Waals surface area contributed by atoms with Crippen molar-refractivity contribution in [1.29, 1.82) is 0 Å². The van der Waals surface area contributed by atoms with Crippen LogP contribution in [0, 0.1) is 56.3 Å². The lowest BCUT2D eigenvalue weighted by molar-refractivity contribution is -0.152. The van der Waals surface area contributed by atoms with Crippen LogP contribution >= 0.6 is 0 Å². The first-order valence-corrected chi connectivity index (χ1v) is 48.8. The van der Waals surface area contributed by atoms with Gasteiger partial charge in [0.1, 0.15) is 50.8 Å². The predicted molar refractivity (Wildman–Crippen MR) is 492 cm³/mol. The lowest BCUT2D eigenvalue weighted by Gasteiger charge is -2.40. The van der Waals surface area contributed by atoms with Gasteiger partial charge in [-0.05, 0) is 193 Å². The highest BCUT2D eigenvalue weighted by molar-refractivity contribution is 7.87. The van der Waals surface area contributed by atoms with Crippen molar-refractivity contribution in [3.63, 3.8) is 0 Å². The molecule has 6 aliphatic rings. The summed E-state index contributed by atoms with van der Waals surface area (Å²) in [5.74, 6) is -1.18. The Kier molecular flexibility index (Phi) is 41.9. The molecule has 3 aliphatic heterocycles. The quantitative estimate of drug-likeness (QED) is 0.0107. The van der Waals surface area contributed by atoms with Crippen molar-refractivity contribution in [3.8, 4) is 17.6 Å². The van der Waals surface area contributed by atoms with Crippen LogP contribution in [0.2, 0.25) is 0 Å². The number of carboxylic acids is 1. The van der Waals surface area contributed by atoms with Gasteiger partial charge in [-0.1, -0.05) is 94.6 Å². The number of pyridine rings is 3. The zero-order valence-corrected chi connectivity index (χ0v) is 80.3. The molecule has 3 saturated heterocycles. The number of nitrogens with zero attached hydrogens (tertiary/aromatic N) is 6. The topological polar surface area (TPSA) is 486 Å². The van der Waals surface area contributed by atoms with E-state index in [-0.39, 0.29) is 165 Å². The molecule has 736 valence electrons. The molecule has 0 radical (unpaired) electrons. The van der Waals surface area contributed by atoms with Crippen molar-refractivity contribution in [2.24, 2.45) is 35.5 Å². The molecule has 12 rings (SSSR count). The molecular formula is C93H132FN9O27S3. The van der Waals surface area contributed by atoms with Gasteiger partial charge in [-0.15, -0.1) is 0 Å². The Balaban J connectivity index is 0.000000222. The zero-order chi connectivity index (χ0) is 96.1. The fourth-order valence-corrected chi connectivity index (χ4v) is 17.2. The summed E-state index contributed by atoms with van der Waals surface area (Å²) in [5, 5.41) is 45.8. The van der Waals surface area contributed by atoms with E-state index in [0.717, 1.165) is 53.0 Å². The van der Waals surface area contributed by atoms with E-state index in [9.17, 15) is 74.6 Å². The van der Waals surface area contributed by atoms with Crippen LogP contribution < -0.4 is 44.9 Å². The lowest BCUT2D eigenvalue weighted by atomic mass is 9.92. The van der Waals surface area contributed by atoms with E-state index >= 15 is 0 Å². The largest absolute Gasteiger partial charge is 0.480 e. The minimum Gasteiger partial charge on any atom is -0.480 e. The number of anilines is 3. The molecule has 0 bridgehead atoms. The molecule has 40 heteroatoms. The molecule has 7 atom stereocenters. The highest BCUT2D eigenvalue weighted by Gasteiger charge is 2.45. The maximum atomic E-state index is 13.4. The summed E-state index contributed by atoms with van der Waals surface area (Å²) in [6, 6.07) is 30.0. The minimum absolute atomic E-state index is 0. The average Bonchev–Trinajstić information content (AvgIpc) is 1.46. The highest BCUT2D eigenvalue weighted by atomic mass is 32.2. The number of rotatable bonds is 50. The Bertz CT molecular complexity index is 4940. The number of amides is 3. The summed E-state index contributed by atoms with van der Waals surface area (Å²) in [6.07, 6.45) is 5.52. The third kappa shape index (κ3) is 30.2. The molecule has 1 unspecified atom stereocenters. The van der Waals surface area contributed by atoms with Gasteiger partial charge in [-0.3, -0.25) is 31.3 Å². The van der Waals surface area contributed by atoms with E-state index in [1.165, 1.54) is 24.3 Å². The first-order chi connectivity index (χ1) is 63.2.